The number of halogens is 2. The Hall–Kier alpha value is -1.74. The van der Waals surface area contributed by atoms with E-state index in [2.05, 4.69) is 24.3 Å². The van der Waals surface area contributed by atoms with Crippen molar-refractivity contribution < 1.29 is 4.74 Å². The molecule has 2 N–H and O–H groups in total. The lowest BCUT2D eigenvalue weighted by atomic mass is 9.95. The summed E-state index contributed by atoms with van der Waals surface area (Å²) in [5, 5.41) is 3.59. The molecule has 3 aromatic carbocycles. The summed E-state index contributed by atoms with van der Waals surface area (Å²) in [5.41, 5.74) is 8.60. The van der Waals surface area contributed by atoms with E-state index in [1.807, 2.05) is 24.3 Å². The monoisotopic (exact) mass is 385 g/mol. The Balaban J connectivity index is 1.66. The van der Waals surface area contributed by atoms with Crippen molar-refractivity contribution in [2.24, 2.45) is 11.7 Å². The van der Waals surface area contributed by atoms with E-state index in [1.54, 1.807) is 6.07 Å². The summed E-state index contributed by atoms with van der Waals surface area (Å²) < 4.78 is 6.17. The number of ether oxygens (including phenoxy) is 1. The van der Waals surface area contributed by atoms with Crippen molar-refractivity contribution in [1.29, 1.82) is 0 Å². The molecule has 0 unspecified atom stereocenters. The van der Waals surface area contributed by atoms with Crippen LogP contribution in [0.3, 0.4) is 0 Å². The Morgan fingerprint density at radius 2 is 1.85 bits per heavy atom. The standard InChI is InChI=1S/C22H21Cl2NO/c23-17-9-7-16(19(24)12-17)13-26-21-10-8-15-3-1-2-4-18(15)22(21)20(25)11-14-5-6-14/h1-4,7-10,12,14,20H,5-6,11,13,25H2/t20-/m1/s1. The van der Waals surface area contributed by atoms with Crippen molar-refractivity contribution in [3.63, 3.8) is 0 Å². The number of hydrogen-bond donors (Lipinski definition) is 1. The molecule has 4 rings (SSSR count). The van der Waals surface area contributed by atoms with Crippen molar-refractivity contribution in [1.82, 2.24) is 0 Å². The van der Waals surface area contributed by atoms with Crippen LogP contribution in [0.4, 0.5) is 0 Å². The second-order valence-electron chi connectivity index (χ2n) is 7.01. The van der Waals surface area contributed by atoms with Crippen LogP contribution >= 0.6 is 23.2 Å². The largest absolute Gasteiger partial charge is 0.488 e. The fourth-order valence-electron chi connectivity index (χ4n) is 3.41. The van der Waals surface area contributed by atoms with Crippen LogP contribution in [0.25, 0.3) is 10.8 Å². The van der Waals surface area contributed by atoms with Gasteiger partial charge in [0.1, 0.15) is 12.4 Å². The zero-order valence-electron chi connectivity index (χ0n) is 14.4. The number of rotatable bonds is 6. The Morgan fingerprint density at radius 3 is 2.62 bits per heavy atom. The maximum Gasteiger partial charge on any atom is 0.125 e. The van der Waals surface area contributed by atoms with Crippen molar-refractivity contribution in [2.75, 3.05) is 0 Å². The van der Waals surface area contributed by atoms with E-state index in [4.69, 9.17) is 33.7 Å². The highest BCUT2D eigenvalue weighted by atomic mass is 35.5. The fourth-order valence-corrected chi connectivity index (χ4v) is 3.87. The summed E-state index contributed by atoms with van der Waals surface area (Å²) in [4.78, 5) is 0. The van der Waals surface area contributed by atoms with E-state index in [9.17, 15) is 0 Å². The Kier molecular flexibility index (Phi) is 5.08. The van der Waals surface area contributed by atoms with Crippen molar-refractivity contribution in [2.45, 2.75) is 31.9 Å². The molecule has 1 aliphatic rings. The molecule has 0 radical (unpaired) electrons. The second-order valence-corrected chi connectivity index (χ2v) is 7.85. The van der Waals surface area contributed by atoms with Crippen LogP contribution in [0.15, 0.2) is 54.6 Å². The van der Waals surface area contributed by atoms with Crippen LogP contribution in [0.2, 0.25) is 10.0 Å². The third kappa shape index (κ3) is 3.83. The molecule has 0 aromatic heterocycles. The van der Waals surface area contributed by atoms with Crippen LogP contribution < -0.4 is 10.5 Å². The van der Waals surface area contributed by atoms with E-state index >= 15 is 0 Å². The second kappa shape index (κ2) is 7.48. The van der Waals surface area contributed by atoms with E-state index < -0.39 is 0 Å². The SMILES string of the molecule is N[C@H](CC1CC1)c1c(OCc2ccc(Cl)cc2Cl)ccc2ccccc12. The lowest BCUT2D eigenvalue weighted by Crippen LogP contribution is -2.13. The highest BCUT2D eigenvalue weighted by Crippen LogP contribution is 2.41. The lowest BCUT2D eigenvalue weighted by Gasteiger charge is -2.20. The topological polar surface area (TPSA) is 35.2 Å². The van der Waals surface area contributed by atoms with Gasteiger partial charge in [0, 0.05) is 27.2 Å². The van der Waals surface area contributed by atoms with Crippen LogP contribution in [0.5, 0.6) is 5.75 Å². The first-order chi connectivity index (χ1) is 12.6. The summed E-state index contributed by atoms with van der Waals surface area (Å²) >= 11 is 12.3. The van der Waals surface area contributed by atoms with E-state index in [1.165, 1.54) is 23.6 Å². The average Bonchev–Trinajstić information content (AvgIpc) is 3.44. The first kappa shape index (κ1) is 17.7. The van der Waals surface area contributed by atoms with Crippen molar-refractivity contribution in [3.8, 4) is 5.75 Å². The summed E-state index contributed by atoms with van der Waals surface area (Å²) in [6.45, 7) is 0.386. The normalized spacial score (nSPS) is 15.2. The Morgan fingerprint density at radius 1 is 1.04 bits per heavy atom. The van der Waals surface area contributed by atoms with Gasteiger partial charge in [-0.3, -0.25) is 0 Å². The molecule has 0 saturated heterocycles. The molecule has 0 spiro atoms. The number of benzene rings is 3. The van der Waals surface area contributed by atoms with Gasteiger partial charge in [-0.2, -0.15) is 0 Å². The number of hydrogen-bond acceptors (Lipinski definition) is 2. The predicted molar refractivity (Wildman–Crippen MR) is 109 cm³/mol. The van der Waals surface area contributed by atoms with Crippen LogP contribution in [0, 0.1) is 5.92 Å². The molecule has 1 atom stereocenters. The van der Waals surface area contributed by atoms with Gasteiger partial charge in [0.25, 0.3) is 0 Å². The molecule has 1 aliphatic carbocycles. The van der Waals surface area contributed by atoms with Gasteiger partial charge in [0.2, 0.25) is 0 Å². The van der Waals surface area contributed by atoms with Crippen LogP contribution in [-0.4, -0.2) is 0 Å². The quantitative estimate of drug-likeness (QED) is 0.523. The van der Waals surface area contributed by atoms with E-state index in [0.717, 1.165) is 29.2 Å². The van der Waals surface area contributed by atoms with Gasteiger partial charge in [-0.25, -0.2) is 0 Å². The maximum absolute atomic E-state index is 6.60. The lowest BCUT2D eigenvalue weighted by molar-refractivity contribution is 0.301. The molecular weight excluding hydrogens is 365 g/mol. The maximum atomic E-state index is 6.60. The zero-order chi connectivity index (χ0) is 18.1. The molecule has 26 heavy (non-hydrogen) atoms. The summed E-state index contributed by atoms with van der Waals surface area (Å²) in [5.74, 6) is 1.59. The molecular formula is C22H21Cl2NO. The van der Waals surface area contributed by atoms with Gasteiger partial charge in [-0.15, -0.1) is 0 Å². The van der Waals surface area contributed by atoms with Gasteiger partial charge in [0.05, 0.1) is 0 Å². The summed E-state index contributed by atoms with van der Waals surface area (Å²) in [6, 6.07) is 17.9. The summed E-state index contributed by atoms with van der Waals surface area (Å²) in [7, 11) is 0. The molecule has 4 heteroatoms. The summed E-state index contributed by atoms with van der Waals surface area (Å²) in [6.07, 6.45) is 3.58. The van der Waals surface area contributed by atoms with Gasteiger partial charge in [-0.05, 0) is 41.3 Å². The molecule has 0 heterocycles. The minimum absolute atomic E-state index is 0.0238. The van der Waals surface area contributed by atoms with Gasteiger partial charge in [0.15, 0.2) is 0 Å². The smallest absolute Gasteiger partial charge is 0.125 e. The van der Waals surface area contributed by atoms with Crippen LogP contribution in [0.1, 0.15) is 36.4 Å². The molecule has 134 valence electrons. The first-order valence-electron chi connectivity index (χ1n) is 8.96. The third-order valence-corrected chi connectivity index (χ3v) is 5.57. The molecule has 2 nitrogen and oxygen atoms in total. The average molecular weight is 386 g/mol. The Bertz CT molecular complexity index is 937. The van der Waals surface area contributed by atoms with E-state index in [0.29, 0.717) is 16.7 Å². The Labute approximate surface area is 163 Å². The molecule has 1 fully saturated rings. The number of fused-ring (bicyclic) bond motifs is 1. The minimum Gasteiger partial charge on any atom is -0.488 e. The van der Waals surface area contributed by atoms with Crippen molar-refractivity contribution in [3.05, 3.63) is 75.8 Å². The van der Waals surface area contributed by atoms with Gasteiger partial charge >= 0.3 is 0 Å². The number of nitrogens with two attached hydrogens (primary N) is 1. The van der Waals surface area contributed by atoms with Crippen LogP contribution in [-0.2, 0) is 6.61 Å². The van der Waals surface area contributed by atoms with E-state index in [-0.39, 0.29) is 6.04 Å². The highest BCUT2D eigenvalue weighted by molar-refractivity contribution is 6.35. The molecule has 1 saturated carbocycles. The third-order valence-electron chi connectivity index (χ3n) is 4.98. The molecule has 0 bridgehead atoms. The van der Waals surface area contributed by atoms with Gasteiger partial charge < -0.3 is 10.5 Å². The molecule has 3 aromatic rings. The molecule has 0 aliphatic heterocycles. The predicted octanol–water partition coefficient (Wildman–Crippen LogP) is 6.53. The van der Waals surface area contributed by atoms with Crippen molar-refractivity contribution >= 4 is 34.0 Å². The highest BCUT2D eigenvalue weighted by Gasteiger charge is 2.27. The van der Waals surface area contributed by atoms with Gasteiger partial charge in [-0.1, -0.05) is 72.4 Å². The first-order valence-corrected chi connectivity index (χ1v) is 9.71. The minimum atomic E-state index is -0.0238. The fraction of sp³-hybridized carbons (Fsp3) is 0.273. The zero-order valence-corrected chi connectivity index (χ0v) is 15.9. The molecule has 0 amide bonds.